The number of rotatable bonds is 6. The van der Waals surface area contributed by atoms with Crippen LogP contribution in [0.2, 0.25) is 0 Å². The molecule has 3 aliphatic rings. The van der Waals surface area contributed by atoms with Crippen LogP contribution in [0.3, 0.4) is 0 Å². The van der Waals surface area contributed by atoms with E-state index >= 15 is 0 Å². The predicted molar refractivity (Wildman–Crippen MR) is 137 cm³/mol. The van der Waals surface area contributed by atoms with E-state index in [0.29, 0.717) is 19.4 Å². The summed E-state index contributed by atoms with van der Waals surface area (Å²) in [4.78, 5) is 30.1. The number of piperidine rings is 1. The highest BCUT2D eigenvalue weighted by Crippen LogP contribution is 2.57. The molecule has 0 unspecified atom stereocenters. The molecule has 0 aromatic heterocycles. The summed E-state index contributed by atoms with van der Waals surface area (Å²) in [7, 11) is 0. The Kier molecular flexibility index (Phi) is 6.43. The second kappa shape index (κ2) is 9.29. The van der Waals surface area contributed by atoms with Gasteiger partial charge in [0, 0.05) is 42.7 Å². The van der Waals surface area contributed by atoms with E-state index in [-0.39, 0.29) is 30.3 Å². The monoisotopic (exact) mass is 492 g/mol. The van der Waals surface area contributed by atoms with Crippen molar-refractivity contribution in [2.75, 3.05) is 23.0 Å². The number of amides is 2. The summed E-state index contributed by atoms with van der Waals surface area (Å²) >= 11 is 0. The molecule has 36 heavy (non-hydrogen) atoms. The molecule has 4 atom stereocenters. The normalized spacial score (nSPS) is 28.3. The van der Waals surface area contributed by atoms with Crippen LogP contribution in [0.4, 0.5) is 11.4 Å². The van der Waals surface area contributed by atoms with Gasteiger partial charge in [0.25, 0.3) is 5.91 Å². The molecule has 1 spiro atoms. The molecule has 2 fully saturated rings. The maximum absolute atomic E-state index is 14.2. The van der Waals surface area contributed by atoms with E-state index in [1.807, 2.05) is 60.4 Å². The summed E-state index contributed by atoms with van der Waals surface area (Å²) in [5.74, 6) is -0.588. The lowest BCUT2D eigenvalue weighted by Crippen LogP contribution is -2.46. The lowest BCUT2D eigenvalue weighted by atomic mass is 9.71. The Balaban J connectivity index is 1.46. The minimum absolute atomic E-state index is 0.0779. The molecule has 0 bridgehead atoms. The van der Waals surface area contributed by atoms with Gasteiger partial charge in [-0.3, -0.25) is 9.59 Å². The van der Waals surface area contributed by atoms with Crippen molar-refractivity contribution in [3.8, 4) is 0 Å². The van der Waals surface area contributed by atoms with E-state index < -0.39 is 17.3 Å². The summed E-state index contributed by atoms with van der Waals surface area (Å²) in [5.41, 5.74) is 1.19. The first-order valence-electron chi connectivity index (χ1n) is 13.0. The number of carbonyl (C=O) groups is 2. The molecule has 2 aromatic carbocycles. The number of hydrogen-bond donors (Lipinski definition) is 2. The summed E-state index contributed by atoms with van der Waals surface area (Å²) in [6.07, 6.45) is 2.45. The first-order valence-corrected chi connectivity index (χ1v) is 13.0. The maximum atomic E-state index is 14.2. The average molecular weight is 493 g/mol. The van der Waals surface area contributed by atoms with Gasteiger partial charge in [-0.2, -0.15) is 0 Å². The number of benzene rings is 2. The summed E-state index contributed by atoms with van der Waals surface area (Å²) in [6, 6.07) is 15.6. The van der Waals surface area contributed by atoms with Crippen LogP contribution in [0.25, 0.3) is 0 Å². The zero-order chi connectivity index (χ0) is 25.7. The fourth-order valence-electron chi connectivity index (χ4n) is 6.63. The highest BCUT2D eigenvalue weighted by atomic mass is 16.5. The van der Waals surface area contributed by atoms with Crippen LogP contribution in [0.15, 0.2) is 48.5 Å². The van der Waals surface area contributed by atoms with Gasteiger partial charge in [0.05, 0.1) is 23.9 Å². The fourth-order valence-corrected chi connectivity index (χ4v) is 6.63. The summed E-state index contributed by atoms with van der Waals surface area (Å²) in [6.45, 7) is 6.51. The number of para-hydroxylation sites is 1. The Bertz CT molecular complexity index is 1140. The Labute approximate surface area is 212 Å². The SMILES string of the molecule is C[C@H]1[C@H](C(C)(C)O)[C@@H](CCO)O[C@]12C(=O)N(Cc1ccc(N3CCCCC3=O)cc1)c1ccccc12. The summed E-state index contributed by atoms with van der Waals surface area (Å²) < 4.78 is 6.56. The number of anilines is 2. The first kappa shape index (κ1) is 24.9. The number of ether oxygens (including phenoxy) is 1. The van der Waals surface area contributed by atoms with Crippen molar-refractivity contribution in [3.63, 3.8) is 0 Å². The minimum Gasteiger partial charge on any atom is -0.396 e. The predicted octanol–water partition coefficient (Wildman–Crippen LogP) is 3.75. The van der Waals surface area contributed by atoms with Gasteiger partial charge in [-0.1, -0.05) is 37.3 Å². The van der Waals surface area contributed by atoms with Crippen LogP contribution in [0.5, 0.6) is 0 Å². The zero-order valence-corrected chi connectivity index (χ0v) is 21.3. The molecule has 3 aliphatic heterocycles. The van der Waals surface area contributed by atoms with Gasteiger partial charge in [0.2, 0.25) is 5.91 Å². The van der Waals surface area contributed by atoms with Crippen LogP contribution in [0.1, 0.15) is 57.6 Å². The summed E-state index contributed by atoms with van der Waals surface area (Å²) in [5, 5.41) is 20.7. The van der Waals surface area contributed by atoms with Gasteiger partial charge >= 0.3 is 0 Å². The van der Waals surface area contributed by atoms with Crippen LogP contribution in [-0.4, -0.2) is 46.9 Å². The van der Waals surface area contributed by atoms with Gasteiger partial charge < -0.3 is 24.7 Å². The molecular formula is C29H36N2O5. The van der Waals surface area contributed by atoms with Crippen LogP contribution >= 0.6 is 0 Å². The molecule has 2 saturated heterocycles. The van der Waals surface area contributed by atoms with Gasteiger partial charge in [-0.15, -0.1) is 0 Å². The average Bonchev–Trinajstić information content (AvgIpc) is 3.27. The Morgan fingerprint density at radius 1 is 1.08 bits per heavy atom. The molecule has 7 nitrogen and oxygen atoms in total. The van der Waals surface area contributed by atoms with Gasteiger partial charge in [-0.25, -0.2) is 0 Å². The third-order valence-corrected chi connectivity index (χ3v) is 8.22. The van der Waals surface area contributed by atoms with E-state index in [4.69, 9.17) is 4.74 Å². The molecule has 5 rings (SSSR count). The van der Waals surface area contributed by atoms with Crippen molar-refractivity contribution < 1.29 is 24.5 Å². The zero-order valence-electron chi connectivity index (χ0n) is 21.3. The topological polar surface area (TPSA) is 90.3 Å². The number of nitrogens with zero attached hydrogens (tertiary/aromatic N) is 2. The molecule has 2 amide bonds. The van der Waals surface area contributed by atoms with Crippen molar-refractivity contribution in [2.45, 2.75) is 70.3 Å². The quantitative estimate of drug-likeness (QED) is 0.641. The molecule has 7 heteroatoms. The molecule has 2 N–H and O–H groups in total. The Morgan fingerprint density at radius 3 is 2.47 bits per heavy atom. The smallest absolute Gasteiger partial charge is 0.264 e. The lowest BCUT2D eigenvalue weighted by molar-refractivity contribution is -0.146. The maximum Gasteiger partial charge on any atom is 0.264 e. The van der Waals surface area contributed by atoms with E-state index in [0.717, 1.165) is 41.9 Å². The van der Waals surface area contributed by atoms with E-state index in [1.165, 1.54) is 0 Å². The van der Waals surface area contributed by atoms with Gasteiger partial charge in [0.15, 0.2) is 5.60 Å². The van der Waals surface area contributed by atoms with E-state index in [1.54, 1.807) is 18.7 Å². The third kappa shape index (κ3) is 3.94. The van der Waals surface area contributed by atoms with Crippen LogP contribution in [-0.2, 0) is 26.5 Å². The van der Waals surface area contributed by atoms with Crippen molar-refractivity contribution >= 4 is 23.2 Å². The second-order valence-electron chi connectivity index (χ2n) is 10.9. The Morgan fingerprint density at radius 2 is 1.81 bits per heavy atom. The Hall–Kier alpha value is -2.74. The third-order valence-electron chi connectivity index (χ3n) is 8.22. The molecule has 0 aliphatic carbocycles. The van der Waals surface area contributed by atoms with Crippen molar-refractivity contribution in [1.29, 1.82) is 0 Å². The molecule has 192 valence electrons. The molecule has 2 aromatic rings. The van der Waals surface area contributed by atoms with Crippen LogP contribution in [0, 0.1) is 11.8 Å². The van der Waals surface area contributed by atoms with Crippen molar-refractivity contribution in [2.24, 2.45) is 11.8 Å². The standard InChI is InChI=1S/C29H36N2O5/c1-19-26(28(2,3)35)24(15-17-32)36-29(19)22-8-4-5-9-23(22)31(27(29)34)18-20-11-13-21(14-12-20)30-16-7-6-10-25(30)33/h4-5,8-9,11-14,19,24,26,32,35H,6-7,10,15-18H2,1-3H3/t19-,24+,26-,29+/m0/s1. The van der Waals surface area contributed by atoms with Gasteiger partial charge in [-0.05, 0) is 56.9 Å². The number of aliphatic hydroxyl groups excluding tert-OH is 1. The van der Waals surface area contributed by atoms with E-state index in [9.17, 15) is 19.8 Å². The molecule has 0 saturated carbocycles. The van der Waals surface area contributed by atoms with Crippen LogP contribution < -0.4 is 9.80 Å². The highest BCUT2D eigenvalue weighted by molar-refractivity contribution is 6.07. The number of carbonyl (C=O) groups excluding carboxylic acids is 2. The lowest BCUT2D eigenvalue weighted by Gasteiger charge is -2.34. The molecular weight excluding hydrogens is 456 g/mol. The molecule has 3 heterocycles. The highest BCUT2D eigenvalue weighted by Gasteiger charge is 2.65. The van der Waals surface area contributed by atoms with Crippen molar-refractivity contribution in [3.05, 3.63) is 59.7 Å². The van der Waals surface area contributed by atoms with E-state index in [2.05, 4.69) is 0 Å². The minimum atomic E-state index is -1.21. The largest absolute Gasteiger partial charge is 0.396 e. The number of aliphatic hydroxyl groups is 2. The molecule has 0 radical (unpaired) electrons. The van der Waals surface area contributed by atoms with Crippen molar-refractivity contribution in [1.82, 2.24) is 0 Å². The first-order chi connectivity index (χ1) is 17.2. The second-order valence-corrected chi connectivity index (χ2v) is 10.9. The number of fused-ring (bicyclic) bond motifs is 2. The van der Waals surface area contributed by atoms with Gasteiger partial charge in [0.1, 0.15) is 0 Å². The number of hydrogen-bond acceptors (Lipinski definition) is 5. The fraction of sp³-hybridized carbons (Fsp3) is 0.517.